The Balaban J connectivity index is 2.24. The molecule has 2 rings (SSSR count). The molecule has 1 amide bonds. The van der Waals surface area contributed by atoms with Gasteiger partial charge in [-0.25, -0.2) is 4.79 Å². The maximum atomic E-state index is 12.1. The zero-order valence-corrected chi connectivity index (χ0v) is 14.6. The SMILES string of the molecule is CC(C)(C)NC(=O)CNc1c(N)n(Cc2ccccc2)c(=O)[nH]c1=O. The lowest BCUT2D eigenvalue weighted by molar-refractivity contribution is -0.120. The molecule has 0 unspecified atom stereocenters. The van der Waals surface area contributed by atoms with Crippen molar-refractivity contribution in [3.63, 3.8) is 0 Å². The predicted octanol–water partition coefficient (Wildman–Crippen LogP) is 0.494. The van der Waals surface area contributed by atoms with E-state index in [1.807, 2.05) is 51.1 Å². The molecule has 0 radical (unpaired) electrons. The Labute approximate surface area is 145 Å². The fraction of sp³-hybridized carbons (Fsp3) is 0.353. The number of nitrogens with zero attached hydrogens (tertiary/aromatic N) is 1. The predicted molar refractivity (Wildman–Crippen MR) is 97.7 cm³/mol. The highest BCUT2D eigenvalue weighted by atomic mass is 16.2. The Morgan fingerprint density at radius 2 is 1.84 bits per heavy atom. The standard InChI is InChI=1S/C17H23N5O3/c1-17(2,3)21-12(23)9-19-13-14(18)22(16(25)20-15(13)24)10-11-7-5-4-6-8-11/h4-8,19H,9-10,18H2,1-3H3,(H,21,23)(H,20,24,25). The third kappa shape index (κ3) is 4.97. The summed E-state index contributed by atoms with van der Waals surface area (Å²) in [6.07, 6.45) is 0. The average molecular weight is 345 g/mol. The number of hydrogen-bond acceptors (Lipinski definition) is 5. The van der Waals surface area contributed by atoms with E-state index in [0.29, 0.717) is 0 Å². The van der Waals surface area contributed by atoms with Gasteiger partial charge in [-0.15, -0.1) is 0 Å². The van der Waals surface area contributed by atoms with Crippen molar-refractivity contribution < 1.29 is 4.79 Å². The molecule has 0 saturated carbocycles. The molecule has 8 nitrogen and oxygen atoms in total. The van der Waals surface area contributed by atoms with Gasteiger partial charge in [-0.2, -0.15) is 0 Å². The highest BCUT2D eigenvalue weighted by Gasteiger charge is 2.16. The van der Waals surface area contributed by atoms with Gasteiger partial charge in [-0.1, -0.05) is 30.3 Å². The summed E-state index contributed by atoms with van der Waals surface area (Å²) >= 11 is 0. The van der Waals surface area contributed by atoms with Crippen LogP contribution in [0.3, 0.4) is 0 Å². The fourth-order valence-corrected chi connectivity index (χ4v) is 2.31. The van der Waals surface area contributed by atoms with Gasteiger partial charge < -0.3 is 16.4 Å². The maximum Gasteiger partial charge on any atom is 0.330 e. The molecule has 134 valence electrons. The van der Waals surface area contributed by atoms with Crippen LogP contribution in [0.25, 0.3) is 0 Å². The second-order valence-electron chi connectivity index (χ2n) is 6.74. The summed E-state index contributed by atoms with van der Waals surface area (Å²) in [5, 5.41) is 5.49. The summed E-state index contributed by atoms with van der Waals surface area (Å²) < 4.78 is 1.25. The van der Waals surface area contributed by atoms with E-state index < -0.39 is 11.2 Å². The minimum absolute atomic E-state index is 0.000379. The van der Waals surface area contributed by atoms with Crippen molar-refractivity contribution >= 4 is 17.4 Å². The van der Waals surface area contributed by atoms with E-state index in [1.54, 1.807) is 0 Å². The Bertz CT molecular complexity index is 863. The van der Waals surface area contributed by atoms with Crippen LogP contribution in [0, 0.1) is 0 Å². The van der Waals surface area contributed by atoms with Gasteiger partial charge in [0.25, 0.3) is 5.56 Å². The van der Waals surface area contributed by atoms with E-state index in [4.69, 9.17) is 5.73 Å². The van der Waals surface area contributed by atoms with Crippen molar-refractivity contribution in [2.75, 3.05) is 17.6 Å². The molecule has 0 fully saturated rings. The molecule has 1 aromatic carbocycles. The number of aromatic nitrogens is 2. The topological polar surface area (TPSA) is 122 Å². The number of H-pyrrole nitrogens is 1. The average Bonchev–Trinajstić information content (AvgIpc) is 2.50. The molecule has 1 heterocycles. The van der Waals surface area contributed by atoms with Crippen LogP contribution in [0.1, 0.15) is 26.3 Å². The minimum atomic E-state index is -0.657. The summed E-state index contributed by atoms with van der Waals surface area (Å²) in [4.78, 5) is 38.2. The van der Waals surface area contributed by atoms with Crippen LogP contribution >= 0.6 is 0 Å². The van der Waals surface area contributed by atoms with E-state index >= 15 is 0 Å². The molecule has 8 heteroatoms. The van der Waals surface area contributed by atoms with Crippen LogP contribution in [-0.2, 0) is 11.3 Å². The lowest BCUT2D eigenvalue weighted by Crippen LogP contribution is -2.44. The summed E-state index contributed by atoms with van der Waals surface area (Å²) in [5.41, 5.74) is 5.21. The molecule has 25 heavy (non-hydrogen) atoms. The van der Waals surface area contributed by atoms with Crippen LogP contribution in [0.5, 0.6) is 0 Å². The Morgan fingerprint density at radius 1 is 1.20 bits per heavy atom. The van der Waals surface area contributed by atoms with Crippen molar-refractivity contribution in [1.29, 1.82) is 0 Å². The lowest BCUT2D eigenvalue weighted by Gasteiger charge is -2.21. The highest BCUT2D eigenvalue weighted by Crippen LogP contribution is 2.12. The molecule has 0 spiro atoms. The van der Waals surface area contributed by atoms with Crippen molar-refractivity contribution in [2.45, 2.75) is 32.9 Å². The number of nitrogens with one attached hydrogen (secondary N) is 3. The van der Waals surface area contributed by atoms with Gasteiger partial charge in [0.1, 0.15) is 11.5 Å². The Hall–Kier alpha value is -3.03. The molecule has 1 aromatic heterocycles. The van der Waals surface area contributed by atoms with Gasteiger partial charge in [0, 0.05) is 5.54 Å². The number of rotatable bonds is 5. The lowest BCUT2D eigenvalue weighted by atomic mass is 10.1. The van der Waals surface area contributed by atoms with E-state index in [2.05, 4.69) is 15.6 Å². The highest BCUT2D eigenvalue weighted by molar-refractivity contribution is 5.82. The van der Waals surface area contributed by atoms with Gasteiger partial charge in [-0.3, -0.25) is 19.1 Å². The summed E-state index contributed by atoms with van der Waals surface area (Å²) in [7, 11) is 0. The second-order valence-corrected chi connectivity index (χ2v) is 6.74. The molecule has 0 aliphatic heterocycles. The number of nitrogens with two attached hydrogens (primary N) is 1. The number of amides is 1. The van der Waals surface area contributed by atoms with E-state index in [0.717, 1.165) is 5.56 Å². The number of aromatic amines is 1. The molecule has 0 bridgehead atoms. The fourth-order valence-electron chi connectivity index (χ4n) is 2.31. The first-order valence-electron chi connectivity index (χ1n) is 7.89. The number of hydrogen-bond donors (Lipinski definition) is 4. The number of anilines is 2. The van der Waals surface area contributed by atoms with E-state index in [9.17, 15) is 14.4 Å². The second kappa shape index (κ2) is 7.25. The molecule has 2 aromatic rings. The summed E-state index contributed by atoms with van der Waals surface area (Å²) in [6.45, 7) is 5.64. The van der Waals surface area contributed by atoms with E-state index in [1.165, 1.54) is 4.57 Å². The first-order valence-corrected chi connectivity index (χ1v) is 7.89. The third-order valence-corrected chi connectivity index (χ3v) is 3.36. The largest absolute Gasteiger partial charge is 0.383 e. The molecule has 0 aliphatic carbocycles. The van der Waals surface area contributed by atoms with Gasteiger partial charge in [0.05, 0.1) is 13.1 Å². The molecule has 0 saturated heterocycles. The van der Waals surface area contributed by atoms with Crippen LogP contribution in [-0.4, -0.2) is 27.5 Å². The van der Waals surface area contributed by atoms with Gasteiger partial charge in [-0.05, 0) is 26.3 Å². The van der Waals surface area contributed by atoms with Gasteiger partial charge >= 0.3 is 5.69 Å². The molecular weight excluding hydrogens is 322 g/mol. The normalized spacial score (nSPS) is 11.2. The van der Waals surface area contributed by atoms with Crippen molar-refractivity contribution in [3.05, 3.63) is 56.7 Å². The first kappa shape index (κ1) is 18.3. The number of carbonyl (C=O) groups is 1. The smallest absolute Gasteiger partial charge is 0.330 e. The molecule has 5 N–H and O–H groups in total. The number of carbonyl (C=O) groups excluding carboxylic acids is 1. The van der Waals surface area contributed by atoms with Gasteiger partial charge in [0.2, 0.25) is 5.91 Å². The number of nitrogen functional groups attached to an aromatic ring is 1. The maximum absolute atomic E-state index is 12.1. The monoisotopic (exact) mass is 345 g/mol. The summed E-state index contributed by atoms with van der Waals surface area (Å²) in [5.74, 6) is -0.298. The minimum Gasteiger partial charge on any atom is -0.383 e. The third-order valence-electron chi connectivity index (χ3n) is 3.36. The Morgan fingerprint density at radius 3 is 2.44 bits per heavy atom. The quantitative estimate of drug-likeness (QED) is 0.628. The van der Waals surface area contributed by atoms with Crippen molar-refractivity contribution in [2.24, 2.45) is 0 Å². The summed E-state index contributed by atoms with van der Waals surface area (Å²) in [6, 6.07) is 9.25. The zero-order chi connectivity index (χ0) is 18.6. The van der Waals surface area contributed by atoms with Crippen LogP contribution in [0.2, 0.25) is 0 Å². The van der Waals surface area contributed by atoms with Crippen LogP contribution in [0.4, 0.5) is 11.5 Å². The molecular formula is C17H23N5O3. The van der Waals surface area contributed by atoms with Crippen LogP contribution < -0.4 is 27.6 Å². The molecule has 0 aliphatic rings. The van der Waals surface area contributed by atoms with Crippen LogP contribution in [0.15, 0.2) is 39.9 Å². The first-order chi connectivity index (χ1) is 11.7. The zero-order valence-electron chi connectivity index (χ0n) is 14.6. The van der Waals surface area contributed by atoms with E-state index in [-0.39, 0.29) is 36.0 Å². The van der Waals surface area contributed by atoms with Crippen molar-refractivity contribution in [1.82, 2.24) is 14.9 Å². The Kier molecular flexibility index (Phi) is 5.31. The van der Waals surface area contributed by atoms with Crippen molar-refractivity contribution in [3.8, 4) is 0 Å². The van der Waals surface area contributed by atoms with Gasteiger partial charge in [0.15, 0.2) is 0 Å². The molecule has 0 atom stereocenters. The number of benzene rings is 1.